The van der Waals surface area contributed by atoms with Crippen LogP contribution in [0, 0.1) is 5.41 Å². The molecule has 0 bridgehead atoms. The highest BCUT2D eigenvalue weighted by Crippen LogP contribution is 2.32. The third-order valence-corrected chi connectivity index (χ3v) is 5.70. The van der Waals surface area contributed by atoms with Crippen molar-refractivity contribution >= 4 is 46.4 Å². The van der Waals surface area contributed by atoms with Crippen molar-refractivity contribution in [2.75, 3.05) is 0 Å². The van der Waals surface area contributed by atoms with Crippen LogP contribution in [-0.4, -0.2) is 5.54 Å². The highest BCUT2D eigenvalue weighted by Gasteiger charge is 2.25. The number of hydrogen-bond acceptors (Lipinski definition) is 2. The Hall–Kier alpha value is -1.45. The molecule has 0 unspecified atom stereocenters. The van der Waals surface area contributed by atoms with Crippen molar-refractivity contribution in [3.05, 3.63) is 75.8 Å². The topological polar surface area (TPSA) is 21.3 Å². The molecule has 0 aliphatic carbocycles. The second kappa shape index (κ2) is 10.4. The summed E-state index contributed by atoms with van der Waals surface area (Å²) in [6.07, 6.45) is 1.07. The summed E-state index contributed by atoms with van der Waals surface area (Å²) in [5.74, 6) is 0.874. The largest absolute Gasteiger partial charge is 0.488 e. The van der Waals surface area contributed by atoms with E-state index < -0.39 is 0 Å². The minimum Gasteiger partial charge on any atom is -0.488 e. The summed E-state index contributed by atoms with van der Waals surface area (Å²) in [7, 11) is 0. The van der Waals surface area contributed by atoms with Gasteiger partial charge in [0.15, 0.2) is 0 Å². The van der Waals surface area contributed by atoms with Gasteiger partial charge < -0.3 is 10.1 Å². The molecule has 3 rings (SSSR count). The van der Waals surface area contributed by atoms with E-state index in [9.17, 15) is 0 Å². The summed E-state index contributed by atoms with van der Waals surface area (Å²) in [5, 5.41) is 7.42. The third kappa shape index (κ3) is 7.29. The van der Waals surface area contributed by atoms with Crippen LogP contribution in [0.3, 0.4) is 0 Å². The summed E-state index contributed by atoms with van der Waals surface area (Å²) in [6, 6.07) is 18.1. The maximum atomic E-state index is 6.34. The molecule has 0 heterocycles. The van der Waals surface area contributed by atoms with Crippen molar-refractivity contribution in [3.8, 4) is 5.75 Å². The van der Waals surface area contributed by atoms with E-state index in [0.29, 0.717) is 16.7 Å². The fourth-order valence-electron chi connectivity index (χ4n) is 4.14. The first kappa shape index (κ1) is 25.8. The van der Waals surface area contributed by atoms with Gasteiger partial charge in [0, 0.05) is 33.3 Å². The molecule has 0 saturated heterocycles. The second-order valence-electron chi connectivity index (χ2n) is 9.76. The van der Waals surface area contributed by atoms with Gasteiger partial charge in [0.25, 0.3) is 0 Å². The van der Waals surface area contributed by atoms with Crippen LogP contribution in [0.1, 0.15) is 52.2 Å². The van der Waals surface area contributed by atoms with Crippen LogP contribution in [0.25, 0.3) is 10.8 Å². The van der Waals surface area contributed by atoms with Gasteiger partial charge >= 0.3 is 0 Å². The van der Waals surface area contributed by atoms with Crippen molar-refractivity contribution < 1.29 is 4.74 Å². The average Bonchev–Trinajstić information content (AvgIpc) is 2.64. The van der Waals surface area contributed by atoms with Crippen molar-refractivity contribution in [1.29, 1.82) is 0 Å². The van der Waals surface area contributed by atoms with Crippen molar-refractivity contribution in [2.45, 2.75) is 59.7 Å². The smallest absolute Gasteiger partial charge is 0.124 e. The van der Waals surface area contributed by atoms with Crippen molar-refractivity contribution in [2.24, 2.45) is 5.41 Å². The molecule has 0 aromatic heterocycles. The molecule has 0 saturated carbocycles. The molecule has 5 heteroatoms. The average molecular weight is 481 g/mol. The maximum Gasteiger partial charge on any atom is 0.124 e. The fraction of sp³-hybridized carbons (Fsp3) is 0.385. The van der Waals surface area contributed by atoms with E-state index in [2.05, 4.69) is 76.3 Å². The lowest BCUT2D eigenvalue weighted by Gasteiger charge is -2.34. The van der Waals surface area contributed by atoms with Crippen LogP contribution in [0.2, 0.25) is 10.0 Å². The van der Waals surface area contributed by atoms with E-state index in [1.165, 1.54) is 16.3 Å². The monoisotopic (exact) mass is 479 g/mol. The molecule has 31 heavy (non-hydrogen) atoms. The Morgan fingerprint density at radius 1 is 0.903 bits per heavy atom. The second-order valence-corrected chi connectivity index (χ2v) is 10.6. The van der Waals surface area contributed by atoms with Crippen LogP contribution < -0.4 is 10.1 Å². The normalized spacial score (nSPS) is 12.0. The number of nitrogens with one attached hydrogen (secondary N) is 1. The molecule has 0 aliphatic heterocycles. The van der Waals surface area contributed by atoms with E-state index in [4.69, 9.17) is 27.9 Å². The SMILES string of the molecule is CC(C)(C)CC(C)(C)NCc1c(OCc2ccc(Cl)cc2Cl)ccc2ccccc12.Cl. The predicted octanol–water partition coefficient (Wildman–Crippen LogP) is 8.45. The van der Waals surface area contributed by atoms with Gasteiger partial charge in [0.05, 0.1) is 0 Å². The number of halogens is 3. The summed E-state index contributed by atoms with van der Waals surface area (Å²) in [6.45, 7) is 12.5. The van der Waals surface area contributed by atoms with Gasteiger partial charge in [-0.1, -0.05) is 80.4 Å². The Morgan fingerprint density at radius 2 is 1.61 bits per heavy atom. The highest BCUT2D eigenvalue weighted by molar-refractivity contribution is 6.35. The van der Waals surface area contributed by atoms with E-state index in [1.807, 2.05) is 12.1 Å². The lowest BCUT2D eigenvalue weighted by Crippen LogP contribution is -2.41. The van der Waals surface area contributed by atoms with Crippen LogP contribution in [-0.2, 0) is 13.2 Å². The van der Waals surface area contributed by atoms with Crippen LogP contribution in [0.5, 0.6) is 5.75 Å². The van der Waals surface area contributed by atoms with Crippen molar-refractivity contribution in [1.82, 2.24) is 5.32 Å². The first-order chi connectivity index (χ1) is 14.0. The first-order valence-corrected chi connectivity index (χ1v) is 11.1. The fourth-order valence-corrected chi connectivity index (χ4v) is 4.61. The van der Waals surface area contributed by atoms with Gasteiger partial charge in [-0.15, -0.1) is 12.4 Å². The zero-order chi connectivity index (χ0) is 21.9. The molecule has 3 aromatic carbocycles. The Bertz CT molecular complexity index is 1020. The quantitative estimate of drug-likeness (QED) is 0.366. The predicted molar refractivity (Wildman–Crippen MR) is 137 cm³/mol. The van der Waals surface area contributed by atoms with Gasteiger partial charge in [0.1, 0.15) is 12.4 Å². The number of ether oxygens (including phenoxy) is 1. The maximum absolute atomic E-state index is 6.34. The van der Waals surface area contributed by atoms with Gasteiger partial charge in [0.2, 0.25) is 0 Å². The highest BCUT2D eigenvalue weighted by atomic mass is 35.5. The minimum absolute atomic E-state index is 0. The summed E-state index contributed by atoms with van der Waals surface area (Å²) in [5.41, 5.74) is 2.34. The zero-order valence-corrected chi connectivity index (χ0v) is 21.2. The summed E-state index contributed by atoms with van der Waals surface area (Å²) < 4.78 is 6.25. The van der Waals surface area contributed by atoms with Crippen LogP contribution in [0.15, 0.2) is 54.6 Å². The molecular weight excluding hydrogens is 449 g/mol. The molecule has 0 atom stereocenters. The van der Waals surface area contributed by atoms with Crippen molar-refractivity contribution in [3.63, 3.8) is 0 Å². The molecular formula is C26H32Cl3NO. The number of hydrogen-bond donors (Lipinski definition) is 1. The van der Waals surface area contributed by atoms with Gasteiger partial charge in [-0.25, -0.2) is 0 Å². The summed E-state index contributed by atoms with van der Waals surface area (Å²) in [4.78, 5) is 0. The molecule has 1 N–H and O–H groups in total. The molecule has 0 fully saturated rings. The van der Waals surface area contributed by atoms with Gasteiger partial charge in [-0.3, -0.25) is 0 Å². The van der Waals surface area contributed by atoms with Crippen LogP contribution >= 0.6 is 35.6 Å². The van der Waals surface area contributed by atoms with E-state index >= 15 is 0 Å². The van der Waals surface area contributed by atoms with Crippen LogP contribution in [0.4, 0.5) is 0 Å². The van der Waals surface area contributed by atoms with E-state index in [1.54, 1.807) is 6.07 Å². The van der Waals surface area contributed by atoms with E-state index in [0.717, 1.165) is 24.3 Å². The van der Waals surface area contributed by atoms with Gasteiger partial charge in [-0.2, -0.15) is 0 Å². The molecule has 0 radical (unpaired) electrons. The molecule has 2 nitrogen and oxygen atoms in total. The molecule has 3 aromatic rings. The molecule has 0 spiro atoms. The number of fused-ring (bicyclic) bond motifs is 1. The lowest BCUT2D eigenvalue weighted by molar-refractivity contribution is 0.239. The molecule has 0 aliphatic rings. The molecule has 168 valence electrons. The third-order valence-electron chi connectivity index (χ3n) is 5.11. The zero-order valence-electron chi connectivity index (χ0n) is 18.9. The Balaban J connectivity index is 0.00000341. The molecule has 0 amide bonds. The minimum atomic E-state index is 0. The number of benzene rings is 3. The standard InChI is InChI=1S/C26H31Cl2NO.ClH/c1-25(2,3)17-26(4,5)29-15-22-21-9-7-6-8-18(21)11-13-24(22)30-16-19-10-12-20(27)14-23(19)28;/h6-14,29H,15-17H2,1-5H3;1H. The van der Waals surface area contributed by atoms with Gasteiger partial charge in [-0.05, 0) is 54.7 Å². The Kier molecular flexibility index (Phi) is 8.69. The Morgan fingerprint density at radius 3 is 2.29 bits per heavy atom. The first-order valence-electron chi connectivity index (χ1n) is 10.4. The summed E-state index contributed by atoms with van der Waals surface area (Å²) >= 11 is 12.4. The van der Waals surface area contributed by atoms with E-state index in [-0.39, 0.29) is 23.4 Å². The lowest BCUT2D eigenvalue weighted by atomic mass is 9.81. The Labute approximate surface area is 202 Å². The number of rotatable bonds is 7.